The van der Waals surface area contributed by atoms with Crippen LogP contribution in [-0.2, 0) is 4.79 Å². The summed E-state index contributed by atoms with van der Waals surface area (Å²) in [5.74, 6) is -1.19. The summed E-state index contributed by atoms with van der Waals surface area (Å²) in [6.07, 6.45) is 3.24. The van der Waals surface area contributed by atoms with Crippen molar-refractivity contribution in [3.8, 4) is 0 Å². The molecule has 3 rings (SSSR count). The molecule has 17 heavy (non-hydrogen) atoms. The second kappa shape index (κ2) is 3.58. The van der Waals surface area contributed by atoms with Gasteiger partial charge in [-0.05, 0) is 37.1 Å². The van der Waals surface area contributed by atoms with Crippen LogP contribution in [0.15, 0.2) is 30.5 Å². The maximum atomic E-state index is 13.0. The van der Waals surface area contributed by atoms with Gasteiger partial charge in [0, 0.05) is 23.1 Å². The van der Waals surface area contributed by atoms with Crippen LogP contribution in [0.4, 0.5) is 4.39 Å². The summed E-state index contributed by atoms with van der Waals surface area (Å²) in [7, 11) is 0. The maximum Gasteiger partial charge on any atom is 0.306 e. The molecular weight excluding hydrogens is 221 g/mol. The lowest BCUT2D eigenvalue weighted by atomic mass is 9.80. The first-order valence-corrected chi connectivity index (χ1v) is 5.64. The van der Waals surface area contributed by atoms with Gasteiger partial charge in [0.25, 0.3) is 0 Å². The number of hydrogen-bond acceptors (Lipinski definition) is 1. The fourth-order valence-corrected chi connectivity index (χ4v) is 2.47. The van der Waals surface area contributed by atoms with E-state index in [4.69, 9.17) is 5.11 Å². The molecule has 1 saturated carbocycles. The molecule has 1 aromatic carbocycles. The molecule has 2 aromatic rings. The summed E-state index contributed by atoms with van der Waals surface area (Å²) < 4.78 is 15.1. The van der Waals surface area contributed by atoms with Gasteiger partial charge < -0.3 is 9.67 Å². The smallest absolute Gasteiger partial charge is 0.306 e. The highest BCUT2D eigenvalue weighted by molar-refractivity contribution is 5.80. The molecule has 0 radical (unpaired) electrons. The highest BCUT2D eigenvalue weighted by Crippen LogP contribution is 2.39. The maximum absolute atomic E-state index is 13.0. The zero-order valence-electron chi connectivity index (χ0n) is 9.14. The molecule has 1 fully saturated rings. The molecule has 0 spiro atoms. The van der Waals surface area contributed by atoms with Gasteiger partial charge >= 0.3 is 5.97 Å². The molecule has 4 heteroatoms. The number of carbonyl (C=O) groups is 1. The highest BCUT2D eigenvalue weighted by atomic mass is 19.1. The van der Waals surface area contributed by atoms with Crippen LogP contribution in [0.5, 0.6) is 0 Å². The Kier molecular flexibility index (Phi) is 2.18. The van der Waals surface area contributed by atoms with E-state index in [1.165, 1.54) is 12.1 Å². The van der Waals surface area contributed by atoms with E-state index in [2.05, 4.69) is 0 Å². The zero-order chi connectivity index (χ0) is 12.0. The summed E-state index contributed by atoms with van der Waals surface area (Å²) in [5, 5.41) is 9.70. The summed E-state index contributed by atoms with van der Waals surface area (Å²) in [4.78, 5) is 10.7. The third kappa shape index (κ3) is 1.60. The van der Waals surface area contributed by atoms with E-state index in [0.717, 1.165) is 10.9 Å². The Morgan fingerprint density at radius 2 is 2.12 bits per heavy atom. The topological polar surface area (TPSA) is 42.2 Å². The Balaban J connectivity index is 1.90. The number of hydrogen-bond donors (Lipinski definition) is 1. The number of halogens is 1. The fourth-order valence-electron chi connectivity index (χ4n) is 2.47. The lowest BCUT2D eigenvalue weighted by molar-refractivity contribution is -0.145. The van der Waals surface area contributed by atoms with E-state index in [-0.39, 0.29) is 17.8 Å². The number of benzene rings is 1. The van der Waals surface area contributed by atoms with Gasteiger partial charge in [0.1, 0.15) is 5.82 Å². The molecule has 0 amide bonds. The van der Waals surface area contributed by atoms with E-state index >= 15 is 0 Å². The Labute approximate surface area is 97.5 Å². The van der Waals surface area contributed by atoms with Crippen LogP contribution < -0.4 is 0 Å². The van der Waals surface area contributed by atoms with Crippen LogP contribution in [0.1, 0.15) is 18.9 Å². The molecule has 3 nitrogen and oxygen atoms in total. The Morgan fingerprint density at radius 3 is 2.82 bits per heavy atom. The molecule has 1 aromatic heterocycles. The van der Waals surface area contributed by atoms with Crippen molar-refractivity contribution in [1.82, 2.24) is 4.57 Å². The molecule has 88 valence electrons. The highest BCUT2D eigenvalue weighted by Gasteiger charge is 2.35. The summed E-state index contributed by atoms with van der Waals surface area (Å²) in [5.41, 5.74) is 0.972. The molecule has 0 bridgehead atoms. The van der Waals surface area contributed by atoms with Gasteiger partial charge in [-0.25, -0.2) is 4.39 Å². The van der Waals surface area contributed by atoms with Gasteiger partial charge in [-0.2, -0.15) is 0 Å². The van der Waals surface area contributed by atoms with Crippen molar-refractivity contribution in [2.75, 3.05) is 0 Å². The number of nitrogens with zero attached hydrogens (tertiary/aromatic N) is 1. The standard InChI is InChI=1S/C13H12FNO2/c14-10-1-2-12-8(5-10)3-4-15(12)11-6-9(7-11)13(16)17/h1-5,9,11H,6-7H2,(H,16,17). The van der Waals surface area contributed by atoms with Gasteiger partial charge in [0.2, 0.25) is 0 Å². The fraction of sp³-hybridized carbons (Fsp3) is 0.308. The predicted octanol–water partition coefficient (Wildman–Crippen LogP) is 2.82. The number of aliphatic carboxylic acids is 1. The van der Waals surface area contributed by atoms with Crippen LogP contribution in [0.2, 0.25) is 0 Å². The second-order valence-corrected chi connectivity index (χ2v) is 4.59. The minimum absolute atomic E-state index is 0.224. The molecule has 0 unspecified atom stereocenters. The number of carboxylic acid groups (broad SMARTS) is 1. The van der Waals surface area contributed by atoms with E-state index in [1.807, 2.05) is 16.8 Å². The molecular formula is C13H12FNO2. The number of fused-ring (bicyclic) bond motifs is 1. The van der Waals surface area contributed by atoms with Crippen molar-refractivity contribution >= 4 is 16.9 Å². The van der Waals surface area contributed by atoms with Crippen molar-refractivity contribution in [3.05, 3.63) is 36.3 Å². The van der Waals surface area contributed by atoms with Crippen LogP contribution in [0, 0.1) is 11.7 Å². The normalized spacial score (nSPS) is 23.6. The van der Waals surface area contributed by atoms with Gasteiger partial charge in [0.15, 0.2) is 0 Å². The summed E-state index contributed by atoms with van der Waals surface area (Å²) >= 11 is 0. The lowest BCUT2D eigenvalue weighted by Crippen LogP contribution is -2.31. The van der Waals surface area contributed by atoms with Gasteiger partial charge in [-0.15, -0.1) is 0 Å². The van der Waals surface area contributed by atoms with E-state index in [1.54, 1.807) is 6.07 Å². The molecule has 1 aliphatic rings. The van der Waals surface area contributed by atoms with Crippen LogP contribution in [0.25, 0.3) is 10.9 Å². The van der Waals surface area contributed by atoms with Crippen molar-refractivity contribution < 1.29 is 14.3 Å². The van der Waals surface area contributed by atoms with E-state index in [9.17, 15) is 9.18 Å². The van der Waals surface area contributed by atoms with Gasteiger partial charge in [-0.1, -0.05) is 0 Å². The van der Waals surface area contributed by atoms with Crippen LogP contribution >= 0.6 is 0 Å². The van der Waals surface area contributed by atoms with E-state index < -0.39 is 5.97 Å². The quantitative estimate of drug-likeness (QED) is 0.866. The second-order valence-electron chi connectivity index (χ2n) is 4.59. The van der Waals surface area contributed by atoms with Crippen molar-refractivity contribution in [1.29, 1.82) is 0 Å². The predicted molar refractivity (Wildman–Crippen MR) is 61.3 cm³/mol. The van der Waals surface area contributed by atoms with Crippen molar-refractivity contribution in [2.24, 2.45) is 5.92 Å². The van der Waals surface area contributed by atoms with E-state index in [0.29, 0.717) is 12.8 Å². The minimum atomic E-state index is -0.719. The molecule has 1 aliphatic carbocycles. The minimum Gasteiger partial charge on any atom is -0.481 e. The first-order chi connectivity index (χ1) is 8.15. The Hall–Kier alpha value is -1.84. The SMILES string of the molecule is O=C(O)C1CC(n2ccc3cc(F)ccc32)C1. The number of carboxylic acids is 1. The molecule has 1 heterocycles. The first-order valence-electron chi connectivity index (χ1n) is 5.64. The molecule has 0 aliphatic heterocycles. The first kappa shape index (κ1) is 10.3. The van der Waals surface area contributed by atoms with Gasteiger partial charge in [0.05, 0.1) is 5.92 Å². The Bertz CT molecular complexity index is 584. The molecule has 0 saturated heterocycles. The van der Waals surface area contributed by atoms with Gasteiger partial charge in [-0.3, -0.25) is 4.79 Å². The average Bonchev–Trinajstić information content (AvgIpc) is 2.58. The summed E-state index contributed by atoms with van der Waals surface area (Å²) in [6.45, 7) is 0. The number of rotatable bonds is 2. The molecule has 0 atom stereocenters. The lowest BCUT2D eigenvalue weighted by Gasteiger charge is -2.34. The zero-order valence-corrected chi connectivity index (χ0v) is 9.14. The number of aromatic nitrogens is 1. The van der Waals surface area contributed by atoms with Crippen molar-refractivity contribution in [3.63, 3.8) is 0 Å². The third-order valence-corrected chi connectivity index (χ3v) is 3.54. The largest absolute Gasteiger partial charge is 0.481 e. The van der Waals surface area contributed by atoms with Crippen LogP contribution in [0.3, 0.4) is 0 Å². The van der Waals surface area contributed by atoms with Crippen molar-refractivity contribution in [2.45, 2.75) is 18.9 Å². The summed E-state index contributed by atoms with van der Waals surface area (Å²) in [6, 6.07) is 6.79. The van der Waals surface area contributed by atoms with Crippen LogP contribution in [-0.4, -0.2) is 15.6 Å². The third-order valence-electron chi connectivity index (χ3n) is 3.54. The Morgan fingerprint density at radius 1 is 1.35 bits per heavy atom. The monoisotopic (exact) mass is 233 g/mol. The average molecular weight is 233 g/mol. The molecule has 1 N–H and O–H groups in total.